The lowest BCUT2D eigenvalue weighted by Crippen LogP contribution is -2.11. The van der Waals surface area contributed by atoms with Crippen molar-refractivity contribution in [2.24, 2.45) is 0 Å². The maximum absolute atomic E-state index is 13.1. The average Bonchev–Trinajstić information content (AvgIpc) is 2.74. The zero-order chi connectivity index (χ0) is 19.3. The van der Waals surface area contributed by atoms with Crippen LogP contribution in [0.15, 0.2) is 78.9 Å². The van der Waals surface area contributed by atoms with Crippen LogP contribution in [0.25, 0.3) is 10.9 Å². The molecule has 0 saturated carbocycles. The molecule has 0 amide bonds. The molecule has 3 aromatic carbocycles. The number of hydrogen-bond donors (Lipinski definition) is 2. The normalized spacial score (nSPS) is 11.9. The van der Waals surface area contributed by atoms with E-state index in [1.54, 1.807) is 12.1 Å². The quantitative estimate of drug-likeness (QED) is 0.466. The van der Waals surface area contributed by atoms with E-state index in [0.29, 0.717) is 12.5 Å². The predicted octanol–water partition coefficient (Wildman–Crippen LogP) is 5.55. The number of anilines is 2. The Hall–Kier alpha value is -3.47. The van der Waals surface area contributed by atoms with Crippen LogP contribution in [0, 0.1) is 5.82 Å². The predicted molar refractivity (Wildman–Crippen MR) is 112 cm³/mol. The molecule has 140 valence electrons. The summed E-state index contributed by atoms with van der Waals surface area (Å²) in [6.07, 6.45) is 0. The highest BCUT2D eigenvalue weighted by atomic mass is 19.1. The van der Waals surface area contributed by atoms with Gasteiger partial charge in [-0.25, -0.2) is 9.37 Å². The topological polar surface area (TPSA) is 49.8 Å². The molecule has 0 bridgehead atoms. The number of hydrogen-bond acceptors (Lipinski definition) is 4. The van der Waals surface area contributed by atoms with Gasteiger partial charge in [0, 0.05) is 18.0 Å². The van der Waals surface area contributed by atoms with E-state index in [9.17, 15) is 4.39 Å². The van der Waals surface area contributed by atoms with E-state index in [1.165, 1.54) is 17.7 Å². The second-order valence-electron chi connectivity index (χ2n) is 6.67. The molecule has 0 aliphatic heterocycles. The molecule has 1 heterocycles. The highest BCUT2D eigenvalue weighted by molar-refractivity contribution is 5.90. The van der Waals surface area contributed by atoms with Gasteiger partial charge in [0.25, 0.3) is 0 Å². The van der Waals surface area contributed by atoms with Crippen molar-refractivity contribution in [2.75, 3.05) is 10.6 Å². The van der Waals surface area contributed by atoms with Crippen LogP contribution in [0.1, 0.15) is 24.1 Å². The summed E-state index contributed by atoms with van der Waals surface area (Å²) >= 11 is 0. The third-order valence-electron chi connectivity index (χ3n) is 4.62. The van der Waals surface area contributed by atoms with Gasteiger partial charge in [-0.3, -0.25) is 0 Å². The van der Waals surface area contributed by atoms with Crippen LogP contribution < -0.4 is 10.6 Å². The number of halogens is 1. The first-order valence-electron chi connectivity index (χ1n) is 9.25. The van der Waals surface area contributed by atoms with Crippen molar-refractivity contribution in [2.45, 2.75) is 19.5 Å². The molecule has 1 aromatic heterocycles. The van der Waals surface area contributed by atoms with E-state index in [1.807, 2.05) is 42.5 Å². The summed E-state index contributed by atoms with van der Waals surface area (Å²) in [5.74, 6) is 1.07. The smallest absolute Gasteiger partial charge is 0.225 e. The summed E-state index contributed by atoms with van der Waals surface area (Å²) < 4.78 is 13.1. The minimum Gasteiger partial charge on any atom is -0.363 e. The summed E-state index contributed by atoms with van der Waals surface area (Å²) in [5.41, 5.74) is 3.01. The molecule has 0 aliphatic carbocycles. The lowest BCUT2D eigenvalue weighted by Gasteiger charge is -2.17. The molecule has 0 aliphatic rings. The molecule has 0 spiro atoms. The van der Waals surface area contributed by atoms with Gasteiger partial charge in [0.1, 0.15) is 11.6 Å². The van der Waals surface area contributed by atoms with Gasteiger partial charge in [0.15, 0.2) is 0 Å². The molecule has 0 saturated heterocycles. The highest BCUT2D eigenvalue weighted by Gasteiger charge is 2.11. The number of benzene rings is 3. The highest BCUT2D eigenvalue weighted by Crippen LogP contribution is 2.26. The molecule has 4 rings (SSSR count). The van der Waals surface area contributed by atoms with Crippen LogP contribution in [0.5, 0.6) is 0 Å². The van der Waals surface area contributed by atoms with Crippen LogP contribution in [0.3, 0.4) is 0 Å². The van der Waals surface area contributed by atoms with Crippen molar-refractivity contribution in [3.8, 4) is 0 Å². The first kappa shape index (κ1) is 17.9. The third-order valence-corrected chi connectivity index (χ3v) is 4.62. The summed E-state index contributed by atoms with van der Waals surface area (Å²) in [5, 5.41) is 7.72. The Morgan fingerprint density at radius 3 is 2.36 bits per heavy atom. The Morgan fingerprint density at radius 2 is 1.57 bits per heavy atom. The average molecular weight is 372 g/mol. The van der Waals surface area contributed by atoms with Gasteiger partial charge in [-0.2, -0.15) is 4.98 Å². The number of nitrogens with one attached hydrogen (secondary N) is 2. The summed E-state index contributed by atoms with van der Waals surface area (Å²) in [4.78, 5) is 9.30. The Morgan fingerprint density at radius 1 is 0.857 bits per heavy atom. The molecule has 0 radical (unpaired) electrons. The van der Waals surface area contributed by atoms with E-state index < -0.39 is 0 Å². The van der Waals surface area contributed by atoms with E-state index >= 15 is 0 Å². The molecule has 0 fully saturated rings. The Balaban J connectivity index is 1.60. The molecule has 1 unspecified atom stereocenters. The van der Waals surface area contributed by atoms with Crippen molar-refractivity contribution in [3.05, 3.63) is 95.8 Å². The monoisotopic (exact) mass is 372 g/mol. The van der Waals surface area contributed by atoms with E-state index in [2.05, 4.69) is 34.7 Å². The standard InChI is InChI=1S/C23H21FN4/c1-16(18-7-3-2-4-8-18)26-22-20-9-5-6-10-21(20)27-23(28-22)25-15-17-11-13-19(24)14-12-17/h2-14,16H,15H2,1H3,(H2,25,26,27,28). The summed E-state index contributed by atoms with van der Waals surface area (Å²) in [6, 6.07) is 24.7. The third kappa shape index (κ3) is 4.09. The van der Waals surface area contributed by atoms with Gasteiger partial charge in [-0.1, -0.05) is 54.6 Å². The van der Waals surface area contributed by atoms with Crippen LogP contribution in [-0.4, -0.2) is 9.97 Å². The van der Waals surface area contributed by atoms with Gasteiger partial charge >= 0.3 is 0 Å². The first-order chi connectivity index (χ1) is 13.7. The Kier molecular flexibility index (Phi) is 5.15. The van der Waals surface area contributed by atoms with Crippen molar-refractivity contribution in [1.29, 1.82) is 0 Å². The van der Waals surface area contributed by atoms with Gasteiger partial charge in [0.2, 0.25) is 5.95 Å². The minimum atomic E-state index is -0.243. The van der Waals surface area contributed by atoms with Crippen molar-refractivity contribution in [1.82, 2.24) is 9.97 Å². The first-order valence-corrected chi connectivity index (χ1v) is 9.25. The number of para-hydroxylation sites is 1. The van der Waals surface area contributed by atoms with Crippen molar-refractivity contribution >= 4 is 22.7 Å². The SMILES string of the molecule is CC(Nc1nc(NCc2ccc(F)cc2)nc2ccccc12)c1ccccc1. The maximum Gasteiger partial charge on any atom is 0.225 e. The van der Waals surface area contributed by atoms with Crippen LogP contribution in [-0.2, 0) is 6.54 Å². The second-order valence-corrected chi connectivity index (χ2v) is 6.67. The van der Waals surface area contributed by atoms with Gasteiger partial charge in [-0.15, -0.1) is 0 Å². The van der Waals surface area contributed by atoms with E-state index in [0.717, 1.165) is 22.3 Å². The Bertz CT molecular complexity index is 1060. The van der Waals surface area contributed by atoms with Gasteiger partial charge in [-0.05, 0) is 42.3 Å². The van der Waals surface area contributed by atoms with Crippen molar-refractivity contribution in [3.63, 3.8) is 0 Å². The second kappa shape index (κ2) is 8.05. The molecule has 5 heteroatoms. The molecule has 28 heavy (non-hydrogen) atoms. The van der Waals surface area contributed by atoms with Crippen LogP contribution in [0.2, 0.25) is 0 Å². The minimum absolute atomic E-state index is 0.101. The van der Waals surface area contributed by atoms with Gasteiger partial charge < -0.3 is 10.6 Å². The fraction of sp³-hybridized carbons (Fsp3) is 0.130. The van der Waals surface area contributed by atoms with Gasteiger partial charge in [0.05, 0.1) is 5.52 Å². The molecule has 4 aromatic rings. The number of nitrogens with zero attached hydrogens (tertiary/aromatic N) is 2. The number of aromatic nitrogens is 2. The van der Waals surface area contributed by atoms with Crippen LogP contribution >= 0.6 is 0 Å². The lowest BCUT2D eigenvalue weighted by molar-refractivity contribution is 0.627. The fourth-order valence-electron chi connectivity index (χ4n) is 3.08. The lowest BCUT2D eigenvalue weighted by atomic mass is 10.1. The molecule has 4 nitrogen and oxygen atoms in total. The zero-order valence-electron chi connectivity index (χ0n) is 15.6. The maximum atomic E-state index is 13.1. The largest absolute Gasteiger partial charge is 0.363 e. The summed E-state index contributed by atoms with van der Waals surface area (Å²) in [7, 11) is 0. The van der Waals surface area contributed by atoms with E-state index in [-0.39, 0.29) is 11.9 Å². The van der Waals surface area contributed by atoms with Crippen molar-refractivity contribution < 1.29 is 4.39 Å². The Labute approximate surface area is 163 Å². The van der Waals surface area contributed by atoms with Crippen LogP contribution in [0.4, 0.5) is 16.2 Å². The zero-order valence-corrected chi connectivity index (χ0v) is 15.6. The number of rotatable bonds is 6. The molecular formula is C23H21FN4. The molecular weight excluding hydrogens is 351 g/mol. The number of fused-ring (bicyclic) bond motifs is 1. The molecule has 2 N–H and O–H groups in total. The van der Waals surface area contributed by atoms with E-state index in [4.69, 9.17) is 4.98 Å². The fourth-order valence-corrected chi connectivity index (χ4v) is 3.08. The summed E-state index contributed by atoms with van der Waals surface area (Å²) in [6.45, 7) is 2.63. The molecule has 1 atom stereocenters.